The van der Waals surface area contributed by atoms with Gasteiger partial charge in [-0.1, -0.05) is 12.1 Å². The molecule has 0 atom stereocenters. The van der Waals surface area contributed by atoms with Gasteiger partial charge in [-0.15, -0.1) is 0 Å². The minimum absolute atomic E-state index is 0.237. The maximum Gasteiger partial charge on any atom is 0.161 e. The van der Waals surface area contributed by atoms with Crippen LogP contribution in [0.4, 0.5) is 0 Å². The lowest BCUT2D eigenvalue weighted by atomic mass is 10.1. The summed E-state index contributed by atoms with van der Waals surface area (Å²) in [7, 11) is 1.65. The van der Waals surface area contributed by atoms with Crippen LogP contribution in [-0.2, 0) is 0 Å². The van der Waals surface area contributed by atoms with Gasteiger partial charge in [0.1, 0.15) is 0 Å². The summed E-state index contributed by atoms with van der Waals surface area (Å²) in [5.74, 6) is 1.59. The summed E-state index contributed by atoms with van der Waals surface area (Å²) < 4.78 is 10.9. The van der Waals surface area contributed by atoms with Gasteiger partial charge >= 0.3 is 0 Å². The fourth-order valence-electron chi connectivity index (χ4n) is 1.55. The van der Waals surface area contributed by atoms with Gasteiger partial charge in [0, 0.05) is 12.0 Å². The van der Waals surface area contributed by atoms with Gasteiger partial charge in [-0.3, -0.25) is 0 Å². The molecule has 2 rings (SSSR count). The second kappa shape index (κ2) is 4.11. The Labute approximate surface area is 90.2 Å². The topological polar surface area (TPSA) is 44.5 Å². The third kappa shape index (κ3) is 2.23. The molecule has 0 radical (unpaired) electrons. The highest BCUT2D eigenvalue weighted by Gasteiger charge is 2.42. The second-order valence-corrected chi connectivity index (χ2v) is 4.14. The fourth-order valence-corrected chi connectivity index (χ4v) is 1.55. The second-order valence-electron chi connectivity index (χ2n) is 4.14. The summed E-state index contributed by atoms with van der Waals surface area (Å²) in [5.41, 5.74) is 5.93. The van der Waals surface area contributed by atoms with Crippen molar-refractivity contribution >= 4 is 0 Å². The van der Waals surface area contributed by atoms with Crippen LogP contribution >= 0.6 is 0 Å². The number of nitrogens with two attached hydrogens (primary N) is 1. The van der Waals surface area contributed by atoms with Gasteiger partial charge in [-0.05, 0) is 25.0 Å². The van der Waals surface area contributed by atoms with Crippen molar-refractivity contribution < 1.29 is 9.47 Å². The molecule has 1 aliphatic rings. The van der Waals surface area contributed by atoms with Crippen LogP contribution in [0.15, 0.2) is 24.3 Å². The Morgan fingerprint density at radius 3 is 2.47 bits per heavy atom. The van der Waals surface area contributed by atoms with Crippen LogP contribution in [0.2, 0.25) is 0 Å². The molecule has 0 bridgehead atoms. The van der Waals surface area contributed by atoms with E-state index in [4.69, 9.17) is 15.2 Å². The molecular weight excluding hydrogens is 190 g/mol. The number of ether oxygens (including phenoxy) is 2. The Bertz CT molecular complexity index is 334. The minimum atomic E-state index is 0.237. The van der Waals surface area contributed by atoms with E-state index in [2.05, 4.69) is 0 Å². The summed E-state index contributed by atoms with van der Waals surface area (Å²) in [6.45, 7) is 1.41. The predicted octanol–water partition coefficient (Wildman–Crippen LogP) is 1.81. The number of rotatable bonds is 5. The highest BCUT2D eigenvalue weighted by molar-refractivity contribution is 5.39. The maximum atomic E-state index is 5.74. The van der Waals surface area contributed by atoms with Crippen molar-refractivity contribution in [3.05, 3.63) is 24.3 Å². The summed E-state index contributed by atoms with van der Waals surface area (Å²) in [4.78, 5) is 0. The molecule has 1 aromatic carbocycles. The van der Waals surface area contributed by atoms with E-state index in [1.807, 2.05) is 24.3 Å². The first-order valence-corrected chi connectivity index (χ1v) is 5.25. The van der Waals surface area contributed by atoms with Crippen molar-refractivity contribution in [1.82, 2.24) is 0 Å². The number of hydrogen-bond donors (Lipinski definition) is 1. The normalized spacial score (nSPS) is 17.2. The lowest BCUT2D eigenvalue weighted by molar-refractivity contribution is 0.229. The zero-order valence-corrected chi connectivity index (χ0v) is 9.03. The number of methoxy groups -OCH3 is 1. The fraction of sp³-hybridized carbons (Fsp3) is 0.500. The Morgan fingerprint density at radius 1 is 1.27 bits per heavy atom. The summed E-state index contributed by atoms with van der Waals surface area (Å²) in [6.07, 6.45) is 2.36. The monoisotopic (exact) mass is 207 g/mol. The van der Waals surface area contributed by atoms with Crippen LogP contribution in [-0.4, -0.2) is 20.3 Å². The molecule has 0 unspecified atom stereocenters. The number of para-hydroxylation sites is 2. The Hall–Kier alpha value is -1.22. The van der Waals surface area contributed by atoms with Crippen molar-refractivity contribution in [2.45, 2.75) is 12.8 Å². The van der Waals surface area contributed by atoms with E-state index in [1.165, 1.54) is 12.8 Å². The van der Waals surface area contributed by atoms with Crippen LogP contribution in [0.25, 0.3) is 0 Å². The first-order chi connectivity index (χ1) is 7.29. The molecule has 0 aromatic heterocycles. The van der Waals surface area contributed by atoms with E-state index in [0.29, 0.717) is 13.2 Å². The predicted molar refractivity (Wildman–Crippen MR) is 59.2 cm³/mol. The zero-order chi connectivity index (χ0) is 10.7. The van der Waals surface area contributed by atoms with Crippen LogP contribution < -0.4 is 15.2 Å². The van der Waals surface area contributed by atoms with Crippen molar-refractivity contribution in [3.63, 3.8) is 0 Å². The lowest BCUT2D eigenvalue weighted by Gasteiger charge is -2.15. The Kier molecular flexibility index (Phi) is 2.82. The first-order valence-electron chi connectivity index (χ1n) is 5.25. The lowest BCUT2D eigenvalue weighted by Crippen LogP contribution is -2.22. The highest BCUT2D eigenvalue weighted by Crippen LogP contribution is 2.45. The standard InChI is InChI=1S/C12H17NO2/c1-14-10-4-2-3-5-11(10)15-9-12(8-13)6-7-12/h2-5H,6-9,13H2,1H3. The van der Waals surface area contributed by atoms with Crippen molar-refractivity contribution in [1.29, 1.82) is 0 Å². The molecule has 0 saturated heterocycles. The van der Waals surface area contributed by atoms with Gasteiger partial charge in [-0.25, -0.2) is 0 Å². The highest BCUT2D eigenvalue weighted by atomic mass is 16.5. The van der Waals surface area contributed by atoms with Gasteiger partial charge in [0.2, 0.25) is 0 Å². The van der Waals surface area contributed by atoms with Crippen LogP contribution in [0, 0.1) is 5.41 Å². The largest absolute Gasteiger partial charge is 0.493 e. The molecule has 1 fully saturated rings. The van der Waals surface area contributed by atoms with E-state index < -0.39 is 0 Å². The molecule has 82 valence electrons. The average Bonchev–Trinajstić information content (AvgIpc) is 3.07. The number of benzene rings is 1. The van der Waals surface area contributed by atoms with E-state index in [1.54, 1.807) is 7.11 Å². The molecule has 0 spiro atoms. The third-order valence-corrected chi connectivity index (χ3v) is 2.99. The molecule has 0 heterocycles. The van der Waals surface area contributed by atoms with Crippen molar-refractivity contribution in [2.24, 2.45) is 11.1 Å². The van der Waals surface area contributed by atoms with Gasteiger partial charge < -0.3 is 15.2 Å². The Balaban J connectivity index is 1.98. The zero-order valence-electron chi connectivity index (χ0n) is 9.03. The molecule has 1 aliphatic carbocycles. The molecular formula is C12H17NO2. The van der Waals surface area contributed by atoms with Crippen LogP contribution in [0.5, 0.6) is 11.5 Å². The molecule has 1 aromatic rings. The van der Waals surface area contributed by atoms with E-state index in [0.717, 1.165) is 11.5 Å². The maximum absolute atomic E-state index is 5.74. The van der Waals surface area contributed by atoms with Crippen LogP contribution in [0.1, 0.15) is 12.8 Å². The SMILES string of the molecule is COc1ccccc1OCC1(CN)CC1. The molecule has 1 saturated carbocycles. The van der Waals surface area contributed by atoms with E-state index in [9.17, 15) is 0 Å². The van der Waals surface area contributed by atoms with Crippen LogP contribution in [0.3, 0.4) is 0 Å². The molecule has 2 N–H and O–H groups in total. The quantitative estimate of drug-likeness (QED) is 0.801. The first kappa shape index (κ1) is 10.3. The summed E-state index contributed by atoms with van der Waals surface area (Å²) in [5, 5.41) is 0. The minimum Gasteiger partial charge on any atom is -0.493 e. The molecule has 0 amide bonds. The average molecular weight is 207 g/mol. The van der Waals surface area contributed by atoms with Crippen molar-refractivity contribution in [2.75, 3.05) is 20.3 Å². The third-order valence-electron chi connectivity index (χ3n) is 2.99. The molecule has 3 heteroatoms. The smallest absolute Gasteiger partial charge is 0.161 e. The van der Waals surface area contributed by atoms with Crippen molar-refractivity contribution in [3.8, 4) is 11.5 Å². The van der Waals surface area contributed by atoms with Gasteiger partial charge in [0.25, 0.3) is 0 Å². The van der Waals surface area contributed by atoms with E-state index >= 15 is 0 Å². The van der Waals surface area contributed by atoms with Gasteiger partial charge in [-0.2, -0.15) is 0 Å². The summed E-state index contributed by atoms with van der Waals surface area (Å²) in [6, 6.07) is 7.70. The van der Waals surface area contributed by atoms with Gasteiger partial charge in [0.05, 0.1) is 13.7 Å². The van der Waals surface area contributed by atoms with Gasteiger partial charge in [0.15, 0.2) is 11.5 Å². The summed E-state index contributed by atoms with van der Waals surface area (Å²) >= 11 is 0. The Morgan fingerprint density at radius 2 is 1.93 bits per heavy atom. The molecule has 0 aliphatic heterocycles. The molecule has 15 heavy (non-hydrogen) atoms. The van der Waals surface area contributed by atoms with E-state index in [-0.39, 0.29) is 5.41 Å². The molecule has 3 nitrogen and oxygen atoms in total. The number of hydrogen-bond acceptors (Lipinski definition) is 3.